The number of aromatic nitrogens is 2. The van der Waals surface area contributed by atoms with Gasteiger partial charge in [-0.15, -0.1) is 0 Å². The zero-order chi connectivity index (χ0) is 19.0. The lowest BCUT2D eigenvalue weighted by atomic mass is 10.1. The lowest BCUT2D eigenvalue weighted by molar-refractivity contribution is 0.0784. The quantitative estimate of drug-likeness (QED) is 0.686. The summed E-state index contributed by atoms with van der Waals surface area (Å²) in [4.78, 5) is 15.0. The average Bonchev–Trinajstić information content (AvgIpc) is 3.34. The number of aryl methyl sites for hydroxylation is 2. The maximum Gasteiger partial charge on any atom is 0.272 e. The van der Waals surface area contributed by atoms with Gasteiger partial charge in [0.2, 0.25) is 0 Å². The molecule has 27 heavy (non-hydrogen) atoms. The van der Waals surface area contributed by atoms with Crippen molar-refractivity contribution in [3.8, 4) is 16.9 Å². The van der Waals surface area contributed by atoms with E-state index in [1.165, 1.54) is 12.1 Å². The highest BCUT2D eigenvalue weighted by atomic mass is 19.1. The Morgan fingerprint density at radius 3 is 2.41 bits per heavy atom. The lowest BCUT2D eigenvalue weighted by Gasteiger charge is -2.17. The van der Waals surface area contributed by atoms with Gasteiger partial charge in [0.1, 0.15) is 11.5 Å². The van der Waals surface area contributed by atoms with Crippen LogP contribution >= 0.6 is 0 Å². The second-order valence-corrected chi connectivity index (χ2v) is 7.12. The largest absolute Gasteiger partial charge is 0.337 e. The van der Waals surface area contributed by atoms with Crippen molar-refractivity contribution in [1.82, 2.24) is 14.7 Å². The number of likely N-dealkylation sites (tertiary alicyclic amines) is 1. The summed E-state index contributed by atoms with van der Waals surface area (Å²) in [6.45, 7) is 5.60. The van der Waals surface area contributed by atoms with E-state index in [0.29, 0.717) is 11.4 Å². The standard InChI is InChI=1S/C22H22FN3O/c1-15-5-6-16(2)20(13-15)26-21(22(27)25-11-3-4-12-25)14-19(24-26)17-7-9-18(23)10-8-17/h5-10,13-14H,3-4,11-12H2,1-2H3. The van der Waals surface area contributed by atoms with Crippen molar-refractivity contribution in [3.05, 3.63) is 71.2 Å². The number of hydrogen-bond donors (Lipinski definition) is 0. The fourth-order valence-electron chi connectivity index (χ4n) is 3.51. The van der Waals surface area contributed by atoms with Gasteiger partial charge in [-0.05, 0) is 74.2 Å². The Morgan fingerprint density at radius 1 is 1.00 bits per heavy atom. The Balaban J connectivity index is 1.85. The van der Waals surface area contributed by atoms with E-state index < -0.39 is 0 Å². The first kappa shape index (κ1) is 17.5. The molecule has 0 N–H and O–H groups in total. The van der Waals surface area contributed by atoms with E-state index in [-0.39, 0.29) is 11.7 Å². The Kier molecular flexibility index (Phi) is 4.52. The minimum atomic E-state index is -0.291. The molecule has 0 spiro atoms. The average molecular weight is 363 g/mol. The molecule has 3 aromatic rings. The highest BCUT2D eigenvalue weighted by molar-refractivity contribution is 5.94. The molecular formula is C22H22FN3O. The van der Waals surface area contributed by atoms with Crippen molar-refractivity contribution >= 4 is 5.91 Å². The molecule has 1 saturated heterocycles. The molecule has 0 saturated carbocycles. The molecule has 1 aromatic heterocycles. The van der Waals surface area contributed by atoms with Crippen LogP contribution < -0.4 is 0 Å². The number of hydrogen-bond acceptors (Lipinski definition) is 2. The molecule has 0 radical (unpaired) electrons. The van der Waals surface area contributed by atoms with Crippen LogP contribution in [0.25, 0.3) is 16.9 Å². The molecule has 2 heterocycles. The van der Waals surface area contributed by atoms with Crippen LogP contribution in [-0.4, -0.2) is 33.7 Å². The third-order valence-electron chi connectivity index (χ3n) is 5.05. The third-order valence-corrected chi connectivity index (χ3v) is 5.05. The molecule has 2 aromatic carbocycles. The Bertz CT molecular complexity index is 985. The Morgan fingerprint density at radius 2 is 1.70 bits per heavy atom. The monoisotopic (exact) mass is 363 g/mol. The number of nitrogens with zero attached hydrogens (tertiary/aromatic N) is 3. The van der Waals surface area contributed by atoms with Gasteiger partial charge in [-0.3, -0.25) is 4.79 Å². The zero-order valence-corrected chi connectivity index (χ0v) is 15.6. The Hall–Kier alpha value is -2.95. The van der Waals surface area contributed by atoms with E-state index in [1.807, 2.05) is 43.0 Å². The first-order valence-corrected chi connectivity index (χ1v) is 9.26. The highest BCUT2D eigenvalue weighted by Gasteiger charge is 2.25. The molecule has 1 aliphatic rings. The summed E-state index contributed by atoms with van der Waals surface area (Å²) in [7, 11) is 0. The van der Waals surface area contributed by atoms with Crippen LogP contribution in [0.1, 0.15) is 34.5 Å². The third kappa shape index (κ3) is 3.37. The fourth-order valence-corrected chi connectivity index (χ4v) is 3.51. The molecule has 1 fully saturated rings. The molecular weight excluding hydrogens is 341 g/mol. The number of rotatable bonds is 3. The smallest absolute Gasteiger partial charge is 0.272 e. The number of carbonyl (C=O) groups is 1. The zero-order valence-electron chi connectivity index (χ0n) is 15.6. The minimum absolute atomic E-state index is 0.00531. The molecule has 0 unspecified atom stereocenters. The number of halogens is 1. The summed E-state index contributed by atoms with van der Waals surface area (Å²) in [5, 5.41) is 4.72. The van der Waals surface area contributed by atoms with Gasteiger partial charge in [0.05, 0.1) is 11.4 Å². The second kappa shape index (κ2) is 6.99. The van der Waals surface area contributed by atoms with Gasteiger partial charge in [-0.25, -0.2) is 9.07 Å². The van der Waals surface area contributed by atoms with E-state index in [1.54, 1.807) is 16.8 Å². The van der Waals surface area contributed by atoms with Crippen molar-refractivity contribution < 1.29 is 9.18 Å². The minimum Gasteiger partial charge on any atom is -0.337 e. The second-order valence-electron chi connectivity index (χ2n) is 7.12. The predicted molar refractivity (Wildman–Crippen MR) is 104 cm³/mol. The van der Waals surface area contributed by atoms with Crippen molar-refractivity contribution in [3.63, 3.8) is 0 Å². The van der Waals surface area contributed by atoms with Crippen molar-refractivity contribution in [2.45, 2.75) is 26.7 Å². The van der Waals surface area contributed by atoms with Crippen LogP contribution in [-0.2, 0) is 0 Å². The maximum atomic E-state index is 13.3. The molecule has 138 valence electrons. The summed E-state index contributed by atoms with van der Waals surface area (Å²) in [5.41, 5.74) is 5.05. The van der Waals surface area contributed by atoms with Gasteiger partial charge >= 0.3 is 0 Å². The summed E-state index contributed by atoms with van der Waals surface area (Å²) in [5.74, 6) is -0.296. The van der Waals surface area contributed by atoms with Gasteiger partial charge in [0.25, 0.3) is 5.91 Å². The van der Waals surface area contributed by atoms with E-state index in [2.05, 4.69) is 0 Å². The summed E-state index contributed by atoms with van der Waals surface area (Å²) in [6.07, 6.45) is 2.07. The van der Waals surface area contributed by atoms with Crippen LogP contribution in [0.3, 0.4) is 0 Å². The van der Waals surface area contributed by atoms with E-state index in [4.69, 9.17) is 5.10 Å². The molecule has 1 aliphatic heterocycles. The molecule has 4 nitrogen and oxygen atoms in total. The SMILES string of the molecule is Cc1ccc(C)c(-n2nc(-c3ccc(F)cc3)cc2C(=O)N2CCCC2)c1. The highest BCUT2D eigenvalue weighted by Crippen LogP contribution is 2.26. The summed E-state index contributed by atoms with van der Waals surface area (Å²) in [6, 6.07) is 14.1. The topological polar surface area (TPSA) is 38.1 Å². The molecule has 1 amide bonds. The molecule has 0 bridgehead atoms. The van der Waals surface area contributed by atoms with Crippen LogP contribution in [0, 0.1) is 19.7 Å². The normalized spacial score (nSPS) is 14.0. The van der Waals surface area contributed by atoms with Gasteiger partial charge < -0.3 is 4.90 Å². The molecule has 5 heteroatoms. The van der Waals surface area contributed by atoms with Crippen LogP contribution in [0.5, 0.6) is 0 Å². The first-order chi connectivity index (χ1) is 13.0. The lowest BCUT2D eigenvalue weighted by Crippen LogP contribution is -2.29. The van der Waals surface area contributed by atoms with Crippen molar-refractivity contribution in [1.29, 1.82) is 0 Å². The van der Waals surface area contributed by atoms with Gasteiger partial charge in [0, 0.05) is 18.7 Å². The van der Waals surface area contributed by atoms with Crippen LogP contribution in [0.15, 0.2) is 48.5 Å². The molecule has 0 atom stereocenters. The van der Waals surface area contributed by atoms with Gasteiger partial charge in [-0.1, -0.05) is 12.1 Å². The Labute approximate surface area is 158 Å². The maximum absolute atomic E-state index is 13.3. The van der Waals surface area contributed by atoms with Crippen LogP contribution in [0.2, 0.25) is 0 Å². The van der Waals surface area contributed by atoms with E-state index in [0.717, 1.165) is 48.3 Å². The van der Waals surface area contributed by atoms with Crippen LogP contribution in [0.4, 0.5) is 4.39 Å². The molecule has 4 rings (SSSR count). The number of carbonyl (C=O) groups excluding carboxylic acids is 1. The van der Waals surface area contributed by atoms with Crippen molar-refractivity contribution in [2.75, 3.05) is 13.1 Å². The fraction of sp³-hybridized carbons (Fsp3) is 0.273. The molecule has 0 aliphatic carbocycles. The van der Waals surface area contributed by atoms with Crippen molar-refractivity contribution in [2.24, 2.45) is 0 Å². The number of amides is 1. The van der Waals surface area contributed by atoms with E-state index >= 15 is 0 Å². The number of benzene rings is 2. The summed E-state index contributed by atoms with van der Waals surface area (Å²) < 4.78 is 15.0. The van der Waals surface area contributed by atoms with Gasteiger partial charge in [-0.2, -0.15) is 5.10 Å². The first-order valence-electron chi connectivity index (χ1n) is 9.26. The predicted octanol–water partition coefficient (Wildman–Crippen LogP) is 4.53. The van der Waals surface area contributed by atoms with Gasteiger partial charge in [0.15, 0.2) is 0 Å². The summed E-state index contributed by atoms with van der Waals surface area (Å²) >= 11 is 0. The van der Waals surface area contributed by atoms with E-state index in [9.17, 15) is 9.18 Å².